The van der Waals surface area contributed by atoms with E-state index >= 15 is 0 Å². The number of amides is 1. The fourth-order valence-corrected chi connectivity index (χ4v) is 3.65. The molecule has 1 amide bonds. The molecule has 0 aliphatic heterocycles. The van der Waals surface area contributed by atoms with Crippen LogP contribution in [0.4, 0.5) is 11.4 Å². The molecule has 0 N–H and O–H groups in total. The molecule has 0 spiro atoms. The molecular weight excluding hydrogens is 452 g/mol. The number of benzene rings is 1. The zero-order valence-electron chi connectivity index (χ0n) is 16.4. The molecule has 30 heavy (non-hydrogen) atoms. The highest BCUT2D eigenvalue weighted by Gasteiger charge is 2.28. The Morgan fingerprint density at radius 3 is 2.60 bits per heavy atom. The zero-order valence-corrected chi connectivity index (χ0v) is 18.0. The smallest absolute Gasteiger partial charge is 0.283 e. The number of aromatic nitrogens is 4. The average Bonchev–Trinajstić information content (AvgIpc) is 3.51. The number of nitro groups is 1. The first-order valence-corrected chi connectivity index (χ1v) is 10.2. The maximum absolute atomic E-state index is 13.4. The van der Waals surface area contributed by atoms with Gasteiger partial charge in [-0.05, 0) is 47.3 Å². The average molecular weight is 471 g/mol. The number of anilines is 1. The molecule has 9 nitrogen and oxygen atoms in total. The van der Waals surface area contributed by atoms with E-state index in [0.29, 0.717) is 32.9 Å². The van der Waals surface area contributed by atoms with E-state index in [0.717, 1.165) is 18.7 Å². The molecule has 1 aliphatic rings. The minimum absolute atomic E-state index is 0.0556. The van der Waals surface area contributed by atoms with Crippen LogP contribution in [0.15, 0.2) is 41.3 Å². The molecule has 10 heteroatoms. The number of hydrogen-bond donors (Lipinski definition) is 0. The van der Waals surface area contributed by atoms with E-state index in [1.807, 2.05) is 6.92 Å². The summed E-state index contributed by atoms with van der Waals surface area (Å²) in [4.78, 5) is 34.4. The maximum atomic E-state index is 13.4. The van der Waals surface area contributed by atoms with Crippen molar-refractivity contribution >= 4 is 33.2 Å². The van der Waals surface area contributed by atoms with Crippen LogP contribution in [0.2, 0.25) is 0 Å². The van der Waals surface area contributed by atoms with Crippen molar-refractivity contribution in [1.29, 1.82) is 0 Å². The Morgan fingerprint density at radius 1 is 1.33 bits per heavy atom. The minimum Gasteiger partial charge on any atom is -0.301 e. The summed E-state index contributed by atoms with van der Waals surface area (Å²) in [7, 11) is 1.77. The predicted molar refractivity (Wildman–Crippen MR) is 113 cm³/mol. The van der Waals surface area contributed by atoms with Gasteiger partial charge in [0.1, 0.15) is 5.82 Å². The minimum atomic E-state index is -0.459. The topological polar surface area (TPSA) is 107 Å². The highest BCUT2D eigenvalue weighted by molar-refractivity contribution is 9.10. The summed E-state index contributed by atoms with van der Waals surface area (Å²) in [6.45, 7) is 1.95. The standard InChI is InChI=1S/C20H19BrN6O3/c1-12-18(11-25(2)24-12)26(10-13-3-6-16(21)17(7-13)27(29)30)20(28)15-8-22-19(23-9-15)14-4-5-14/h3,6-9,11,14H,4-5,10H2,1-2H3. The molecular formula is C20H19BrN6O3. The zero-order chi connectivity index (χ0) is 21.4. The third-order valence-electron chi connectivity index (χ3n) is 4.93. The number of rotatable bonds is 6. The normalized spacial score (nSPS) is 13.3. The number of aryl methyl sites for hydroxylation is 2. The van der Waals surface area contributed by atoms with Gasteiger partial charge in [-0.1, -0.05) is 6.07 Å². The second-order valence-electron chi connectivity index (χ2n) is 7.31. The highest BCUT2D eigenvalue weighted by Crippen LogP contribution is 2.37. The molecule has 2 aromatic heterocycles. The van der Waals surface area contributed by atoms with E-state index in [9.17, 15) is 14.9 Å². The van der Waals surface area contributed by atoms with Crippen LogP contribution in [-0.2, 0) is 13.6 Å². The van der Waals surface area contributed by atoms with Crippen molar-refractivity contribution in [2.24, 2.45) is 7.05 Å². The number of hydrogen-bond acceptors (Lipinski definition) is 6. The van der Waals surface area contributed by atoms with Gasteiger partial charge in [-0.3, -0.25) is 19.6 Å². The summed E-state index contributed by atoms with van der Waals surface area (Å²) in [6.07, 6.45) is 7.00. The van der Waals surface area contributed by atoms with Crippen molar-refractivity contribution in [3.8, 4) is 0 Å². The molecule has 0 radical (unpaired) electrons. The predicted octanol–water partition coefficient (Wildman–Crippen LogP) is 3.91. The molecule has 154 valence electrons. The third-order valence-corrected chi connectivity index (χ3v) is 5.60. The number of carbonyl (C=O) groups excluding carboxylic acids is 1. The number of carbonyl (C=O) groups is 1. The number of halogens is 1. The second kappa shape index (κ2) is 7.94. The Hall–Kier alpha value is -3.14. The molecule has 1 aromatic carbocycles. The Labute approximate surface area is 181 Å². The van der Waals surface area contributed by atoms with Crippen LogP contribution in [0, 0.1) is 17.0 Å². The van der Waals surface area contributed by atoms with Crippen LogP contribution in [0.25, 0.3) is 0 Å². The SMILES string of the molecule is Cc1nn(C)cc1N(Cc1ccc(Br)c([N+](=O)[O-])c1)C(=O)c1cnc(C2CC2)nc1. The molecule has 0 saturated heterocycles. The summed E-state index contributed by atoms with van der Waals surface area (Å²) in [6, 6.07) is 4.82. The number of nitrogens with zero attached hydrogens (tertiary/aromatic N) is 6. The van der Waals surface area contributed by atoms with E-state index in [2.05, 4.69) is 31.0 Å². The van der Waals surface area contributed by atoms with Crippen LogP contribution >= 0.6 is 15.9 Å². The first-order chi connectivity index (χ1) is 14.3. The van der Waals surface area contributed by atoms with Crippen molar-refractivity contribution in [1.82, 2.24) is 19.7 Å². The largest absolute Gasteiger partial charge is 0.301 e. The summed E-state index contributed by atoms with van der Waals surface area (Å²) in [5.41, 5.74) is 2.22. The fraction of sp³-hybridized carbons (Fsp3) is 0.300. The van der Waals surface area contributed by atoms with Gasteiger partial charge in [-0.15, -0.1) is 0 Å². The van der Waals surface area contributed by atoms with Gasteiger partial charge in [0.2, 0.25) is 0 Å². The van der Waals surface area contributed by atoms with E-state index < -0.39 is 4.92 Å². The van der Waals surface area contributed by atoms with Crippen molar-refractivity contribution in [3.63, 3.8) is 0 Å². The van der Waals surface area contributed by atoms with Crippen molar-refractivity contribution in [2.45, 2.75) is 32.2 Å². The third kappa shape index (κ3) is 4.09. The Morgan fingerprint density at radius 2 is 2.03 bits per heavy atom. The van der Waals surface area contributed by atoms with Crippen LogP contribution in [0.3, 0.4) is 0 Å². The summed E-state index contributed by atoms with van der Waals surface area (Å²) in [5, 5.41) is 15.6. The lowest BCUT2D eigenvalue weighted by molar-refractivity contribution is -0.385. The van der Waals surface area contributed by atoms with Crippen molar-refractivity contribution in [3.05, 3.63) is 74.0 Å². The molecule has 2 heterocycles. The van der Waals surface area contributed by atoms with Gasteiger partial charge < -0.3 is 4.90 Å². The lowest BCUT2D eigenvalue weighted by Crippen LogP contribution is -2.31. The van der Waals surface area contributed by atoms with E-state index in [-0.39, 0.29) is 18.1 Å². The first kappa shape index (κ1) is 20.1. The fourth-order valence-electron chi connectivity index (χ4n) is 3.25. The monoisotopic (exact) mass is 470 g/mol. The van der Waals surface area contributed by atoms with Crippen LogP contribution < -0.4 is 4.90 Å². The van der Waals surface area contributed by atoms with Crippen molar-refractivity contribution in [2.75, 3.05) is 4.90 Å². The summed E-state index contributed by atoms with van der Waals surface area (Å²) < 4.78 is 2.01. The Kier molecular flexibility index (Phi) is 5.33. The second-order valence-corrected chi connectivity index (χ2v) is 8.17. The lowest BCUT2D eigenvalue weighted by atomic mass is 10.1. The molecule has 0 unspecified atom stereocenters. The molecule has 0 atom stereocenters. The molecule has 3 aromatic rings. The van der Waals surface area contributed by atoms with Gasteiger partial charge in [0.15, 0.2) is 0 Å². The van der Waals surface area contributed by atoms with Crippen molar-refractivity contribution < 1.29 is 9.72 Å². The molecule has 4 rings (SSSR count). The Balaban J connectivity index is 1.69. The first-order valence-electron chi connectivity index (χ1n) is 9.40. The molecule has 1 saturated carbocycles. The maximum Gasteiger partial charge on any atom is 0.283 e. The van der Waals surface area contributed by atoms with Crippen LogP contribution in [-0.4, -0.2) is 30.6 Å². The summed E-state index contributed by atoms with van der Waals surface area (Å²) >= 11 is 3.19. The summed E-state index contributed by atoms with van der Waals surface area (Å²) in [5.74, 6) is 0.868. The molecule has 0 bridgehead atoms. The van der Waals surface area contributed by atoms with E-state index in [4.69, 9.17) is 0 Å². The van der Waals surface area contributed by atoms with Crippen LogP contribution in [0.1, 0.15) is 46.2 Å². The van der Waals surface area contributed by atoms with Gasteiger partial charge in [0.25, 0.3) is 11.6 Å². The number of nitro benzene ring substituents is 1. The lowest BCUT2D eigenvalue weighted by Gasteiger charge is -2.22. The quantitative estimate of drug-likeness (QED) is 0.399. The molecule has 1 aliphatic carbocycles. The van der Waals surface area contributed by atoms with Gasteiger partial charge >= 0.3 is 0 Å². The van der Waals surface area contributed by atoms with Crippen LogP contribution in [0.5, 0.6) is 0 Å². The van der Waals surface area contributed by atoms with E-state index in [1.165, 1.54) is 6.07 Å². The Bertz CT molecular complexity index is 1120. The molecule has 1 fully saturated rings. The van der Waals surface area contributed by atoms with E-state index in [1.54, 1.807) is 47.4 Å². The highest BCUT2D eigenvalue weighted by atomic mass is 79.9. The van der Waals surface area contributed by atoms with Gasteiger partial charge in [-0.25, -0.2) is 9.97 Å². The van der Waals surface area contributed by atoms with Gasteiger partial charge in [-0.2, -0.15) is 5.10 Å². The van der Waals surface area contributed by atoms with Gasteiger partial charge in [0.05, 0.1) is 32.9 Å². The van der Waals surface area contributed by atoms with Gasteiger partial charge in [0, 0.05) is 37.6 Å².